The molecule has 1 atom stereocenters. The molecule has 174 valence electrons. The summed E-state index contributed by atoms with van der Waals surface area (Å²) in [5.41, 5.74) is -0.253. The average molecular weight is 480 g/mol. The molecule has 0 aliphatic rings. The van der Waals surface area contributed by atoms with E-state index in [0.717, 1.165) is 4.90 Å². The third-order valence-electron chi connectivity index (χ3n) is 3.92. The third kappa shape index (κ3) is 8.89. The zero-order chi connectivity index (χ0) is 23.8. The van der Waals surface area contributed by atoms with Gasteiger partial charge in [-0.05, 0) is 58.0 Å². The minimum Gasteiger partial charge on any atom is -0.444 e. The van der Waals surface area contributed by atoms with Gasteiger partial charge in [0.15, 0.2) is 0 Å². The highest BCUT2D eigenvalue weighted by Gasteiger charge is 2.18. The fourth-order valence-corrected chi connectivity index (χ4v) is 4.45. The topological polar surface area (TPSA) is 114 Å². The number of sulfonamides is 1. The Hall–Kier alpha value is -2.56. The molecule has 0 spiro atoms. The first-order valence-corrected chi connectivity index (χ1v) is 12.4. The van der Waals surface area contributed by atoms with Crippen molar-refractivity contribution in [3.8, 4) is 0 Å². The summed E-state index contributed by atoms with van der Waals surface area (Å²) in [6, 6.07) is 15.6. The Balaban J connectivity index is 1.90. The second-order valence-electron chi connectivity index (χ2n) is 7.92. The van der Waals surface area contributed by atoms with Gasteiger partial charge in [-0.1, -0.05) is 24.3 Å². The fourth-order valence-electron chi connectivity index (χ4n) is 2.49. The lowest BCUT2D eigenvalue weighted by molar-refractivity contribution is -0.115. The van der Waals surface area contributed by atoms with Crippen LogP contribution in [0.25, 0.3) is 0 Å². The molecule has 0 aromatic heterocycles. The normalized spacial score (nSPS) is 12.6. The Morgan fingerprint density at radius 1 is 1.03 bits per heavy atom. The molecule has 32 heavy (non-hydrogen) atoms. The molecule has 0 saturated carbocycles. The predicted octanol–water partition coefficient (Wildman–Crippen LogP) is 3.61. The second kappa shape index (κ2) is 11.3. The van der Waals surface area contributed by atoms with E-state index in [4.69, 9.17) is 4.74 Å². The molecule has 0 radical (unpaired) electrons. The standard InChI is InChI=1S/C22H29N3O5S2/c1-16(31-18-10-6-5-7-11-18)20(26)25-17-9-8-12-19(15-17)32(28,29)24-14-13-23-21(27)30-22(2,3)4/h5-12,15-16,24H,13-14H2,1-4H3,(H,23,27)(H,25,26). The van der Waals surface area contributed by atoms with E-state index in [1.54, 1.807) is 39.8 Å². The van der Waals surface area contributed by atoms with Crippen LogP contribution in [-0.4, -0.2) is 44.4 Å². The molecular formula is C22H29N3O5S2. The first-order chi connectivity index (χ1) is 15.0. The van der Waals surface area contributed by atoms with Gasteiger partial charge in [0, 0.05) is 23.7 Å². The van der Waals surface area contributed by atoms with Crippen LogP contribution in [0.4, 0.5) is 10.5 Å². The highest BCUT2D eigenvalue weighted by molar-refractivity contribution is 8.00. The summed E-state index contributed by atoms with van der Waals surface area (Å²) in [6.45, 7) is 7.06. The van der Waals surface area contributed by atoms with Crippen molar-refractivity contribution in [3.05, 3.63) is 54.6 Å². The Morgan fingerprint density at radius 3 is 2.38 bits per heavy atom. The van der Waals surface area contributed by atoms with Crippen LogP contribution in [0.1, 0.15) is 27.7 Å². The zero-order valence-electron chi connectivity index (χ0n) is 18.5. The van der Waals surface area contributed by atoms with Gasteiger partial charge in [0.25, 0.3) is 0 Å². The van der Waals surface area contributed by atoms with Crippen LogP contribution in [0.3, 0.4) is 0 Å². The van der Waals surface area contributed by atoms with Crippen molar-refractivity contribution in [2.45, 2.75) is 48.3 Å². The highest BCUT2D eigenvalue weighted by Crippen LogP contribution is 2.24. The van der Waals surface area contributed by atoms with Gasteiger partial charge in [-0.15, -0.1) is 11.8 Å². The number of ether oxygens (including phenoxy) is 1. The number of nitrogens with one attached hydrogen (secondary N) is 3. The summed E-state index contributed by atoms with van der Waals surface area (Å²) >= 11 is 1.41. The van der Waals surface area contributed by atoms with Gasteiger partial charge in [-0.2, -0.15) is 0 Å². The van der Waals surface area contributed by atoms with Gasteiger partial charge in [0.2, 0.25) is 15.9 Å². The van der Waals surface area contributed by atoms with E-state index in [0.29, 0.717) is 5.69 Å². The molecule has 0 aliphatic carbocycles. The molecular weight excluding hydrogens is 450 g/mol. The molecule has 0 saturated heterocycles. The number of benzene rings is 2. The Bertz CT molecular complexity index is 1020. The van der Waals surface area contributed by atoms with Gasteiger partial charge in [-0.3, -0.25) is 4.79 Å². The van der Waals surface area contributed by atoms with Gasteiger partial charge in [0.1, 0.15) is 5.60 Å². The summed E-state index contributed by atoms with van der Waals surface area (Å²) in [5.74, 6) is -0.233. The Kier molecular flexibility index (Phi) is 9.11. The maximum atomic E-state index is 12.5. The SMILES string of the molecule is CC(Sc1ccccc1)C(=O)Nc1cccc(S(=O)(=O)NCCNC(=O)OC(C)(C)C)c1. The van der Waals surface area contributed by atoms with E-state index < -0.39 is 21.7 Å². The van der Waals surface area contributed by atoms with Crippen LogP contribution in [0.15, 0.2) is 64.4 Å². The van der Waals surface area contributed by atoms with Crippen molar-refractivity contribution in [1.82, 2.24) is 10.0 Å². The fraction of sp³-hybridized carbons (Fsp3) is 0.364. The van der Waals surface area contributed by atoms with Crippen molar-refractivity contribution >= 4 is 39.5 Å². The lowest BCUT2D eigenvalue weighted by atomic mass is 10.2. The van der Waals surface area contributed by atoms with Gasteiger partial charge in [-0.25, -0.2) is 17.9 Å². The number of hydrogen-bond donors (Lipinski definition) is 3. The summed E-state index contributed by atoms with van der Waals surface area (Å²) in [6.07, 6.45) is -0.621. The highest BCUT2D eigenvalue weighted by atomic mass is 32.2. The van der Waals surface area contributed by atoms with Crippen LogP contribution in [-0.2, 0) is 19.6 Å². The zero-order valence-corrected chi connectivity index (χ0v) is 20.2. The first kappa shape index (κ1) is 25.7. The third-order valence-corrected chi connectivity index (χ3v) is 6.49. The number of amides is 2. The lowest BCUT2D eigenvalue weighted by Crippen LogP contribution is -2.37. The van der Waals surface area contributed by atoms with Crippen LogP contribution in [0.5, 0.6) is 0 Å². The molecule has 10 heteroatoms. The van der Waals surface area contributed by atoms with Crippen molar-refractivity contribution < 1.29 is 22.7 Å². The van der Waals surface area contributed by atoms with E-state index in [9.17, 15) is 18.0 Å². The van der Waals surface area contributed by atoms with E-state index in [1.165, 1.54) is 23.9 Å². The average Bonchev–Trinajstić information content (AvgIpc) is 2.71. The Labute approximate surface area is 193 Å². The molecule has 0 bridgehead atoms. The van der Waals surface area contributed by atoms with Crippen LogP contribution >= 0.6 is 11.8 Å². The molecule has 2 rings (SSSR count). The summed E-state index contributed by atoms with van der Waals surface area (Å²) in [7, 11) is -3.82. The van der Waals surface area contributed by atoms with Crippen molar-refractivity contribution in [3.63, 3.8) is 0 Å². The van der Waals surface area contributed by atoms with E-state index >= 15 is 0 Å². The van der Waals surface area contributed by atoms with Crippen LogP contribution < -0.4 is 15.4 Å². The second-order valence-corrected chi connectivity index (χ2v) is 11.1. The molecule has 8 nitrogen and oxygen atoms in total. The summed E-state index contributed by atoms with van der Waals surface area (Å²) in [5, 5.41) is 4.87. The smallest absolute Gasteiger partial charge is 0.407 e. The first-order valence-electron chi connectivity index (χ1n) is 10.1. The molecule has 0 aliphatic heterocycles. The lowest BCUT2D eigenvalue weighted by Gasteiger charge is -2.19. The molecule has 1 unspecified atom stereocenters. The predicted molar refractivity (Wildman–Crippen MR) is 126 cm³/mol. The largest absolute Gasteiger partial charge is 0.444 e. The molecule has 2 amide bonds. The number of carbonyl (C=O) groups is 2. The molecule has 0 fully saturated rings. The maximum Gasteiger partial charge on any atom is 0.407 e. The van der Waals surface area contributed by atoms with E-state index in [1.807, 2.05) is 30.3 Å². The summed E-state index contributed by atoms with van der Waals surface area (Å²) in [4.78, 5) is 25.1. The number of rotatable bonds is 9. The van der Waals surface area contributed by atoms with Crippen LogP contribution in [0.2, 0.25) is 0 Å². The van der Waals surface area contributed by atoms with Gasteiger partial charge >= 0.3 is 6.09 Å². The Morgan fingerprint density at radius 2 is 1.72 bits per heavy atom. The minimum atomic E-state index is -3.82. The number of anilines is 1. The maximum absolute atomic E-state index is 12.5. The quantitative estimate of drug-likeness (QED) is 0.374. The number of hydrogen-bond acceptors (Lipinski definition) is 6. The monoisotopic (exact) mass is 479 g/mol. The summed E-state index contributed by atoms with van der Waals surface area (Å²) < 4.78 is 32.6. The molecule has 3 N–H and O–H groups in total. The van der Waals surface area contributed by atoms with E-state index in [-0.39, 0.29) is 29.1 Å². The van der Waals surface area contributed by atoms with E-state index in [2.05, 4.69) is 15.4 Å². The number of carbonyl (C=O) groups excluding carboxylic acids is 2. The van der Waals surface area contributed by atoms with Gasteiger partial charge in [0.05, 0.1) is 10.1 Å². The molecule has 0 heterocycles. The number of alkyl carbamates (subject to hydrolysis) is 1. The van der Waals surface area contributed by atoms with Crippen molar-refractivity contribution in [2.75, 3.05) is 18.4 Å². The van der Waals surface area contributed by atoms with Crippen molar-refractivity contribution in [2.24, 2.45) is 0 Å². The van der Waals surface area contributed by atoms with Crippen LogP contribution in [0, 0.1) is 0 Å². The molecule has 2 aromatic carbocycles. The minimum absolute atomic E-state index is 0.0101. The number of thioether (sulfide) groups is 1. The molecule has 2 aromatic rings. The van der Waals surface area contributed by atoms with Gasteiger partial charge < -0.3 is 15.4 Å². The van der Waals surface area contributed by atoms with Crippen molar-refractivity contribution in [1.29, 1.82) is 0 Å².